The maximum Gasteiger partial charge on any atom is 0.303 e. The van der Waals surface area contributed by atoms with Crippen molar-refractivity contribution in [3.63, 3.8) is 0 Å². The highest BCUT2D eigenvalue weighted by atomic mass is 16.6. The lowest BCUT2D eigenvalue weighted by Crippen LogP contribution is -2.70. The average molecular weight is 495 g/mol. The van der Waals surface area contributed by atoms with Gasteiger partial charge in [-0.15, -0.1) is 0 Å². The lowest BCUT2D eigenvalue weighted by Gasteiger charge is -2.67. The van der Waals surface area contributed by atoms with E-state index in [2.05, 4.69) is 32.9 Å². The first-order valence-corrected chi connectivity index (χ1v) is 13.1. The van der Waals surface area contributed by atoms with Crippen LogP contribution in [0.15, 0.2) is 46.8 Å². The zero-order chi connectivity index (χ0) is 26.3. The first-order chi connectivity index (χ1) is 16.8. The van der Waals surface area contributed by atoms with Crippen LogP contribution in [0.5, 0.6) is 0 Å². The number of allylic oxidation sites excluding steroid dienone is 3. The Balaban J connectivity index is 1.73. The number of furan rings is 1. The molecule has 8 atom stereocenters. The Morgan fingerprint density at radius 2 is 1.75 bits per heavy atom. The van der Waals surface area contributed by atoms with Gasteiger partial charge in [-0.3, -0.25) is 14.4 Å². The summed E-state index contributed by atoms with van der Waals surface area (Å²) in [5, 5.41) is 0. The van der Waals surface area contributed by atoms with E-state index in [1.54, 1.807) is 12.3 Å². The summed E-state index contributed by atoms with van der Waals surface area (Å²) in [6, 6.07) is 2.04. The van der Waals surface area contributed by atoms with Crippen LogP contribution in [0, 0.1) is 33.5 Å². The van der Waals surface area contributed by atoms with Gasteiger partial charge in [0.1, 0.15) is 12.2 Å². The summed E-state index contributed by atoms with van der Waals surface area (Å²) in [6.45, 7) is 13.4. The van der Waals surface area contributed by atoms with Crippen molar-refractivity contribution in [1.82, 2.24) is 0 Å². The number of fused-ring (bicyclic) bond motifs is 5. The van der Waals surface area contributed by atoms with Crippen LogP contribution in [0.1, 0.15) is 79.2 Å². The third-order valence-electron chi connectivity index (χ3n) is 10.4. The Labute approximate surface area is 213 Å². The molecule has 4 aliphatic rings. The van der Waals surface area contributed by atoms with Crippen LogP contribution in [0.2, 0.25) is 0 Å². The molecule has 1 aromatic heterocycles. The van der Waals surface area contributed by atoms with Gasteiger partial charge >= 0.3 is 11.9 Å². The summed E-state index contributed by atoms with van der Waals surface area (Å²) in [7, 11) is 0. The van der Waals surface area contributed by atoms with Crippen molar-refractivity contribution in [3.8, 4) is 0 Å². The van der Waals surface area contributed by atoms with Crippen molar-refractivity contribution < 1.29 is 28.3 Å². The molecule has 194 valence electrons. The molecule has 0 bridgehead atoms. The molecule has 5 rings (SSSR count). The van der Waals surface area contributed by atoms with Crippen molar-refractivity contribution in [3.05, 3.63) is 48.0 Å². The summed E-state index contributed by atoms with van der Waals surface area (Å²) >= 11 is 0. The van der Waals surface area contributed by atoms with Crippen LogP contribution in [0.25, 0.3) is 0 Å². The Morgan fingerprint density at radius 3 is 2.36 bits per heavy atom. The quantitative estimate of drug-likeness (QED) is 0.391. The monoisotopic (exact) mass is 494 g/mol. The zero-order valence-corrected chi connectivity index (χ0v) is 22.4. The van der Waals surface area contributed by atoms with E-state index in [1.165, 1.54) is 25.0 Å². The van der Waals surface area contributed by atoms with E-state index >= 15 is 0 Å². The van der Waals surface area contributed by atoms with Crippen LogP contribution in [-0.4, -0.2) is 29.9 Å². The van der Waals surface area contributed by atoms with Gasteiger partial charge in [0.15, 0.2) is 5.78 Å². The second-order valence-electron chi connectivity index (χ2n) is 12.6. The van der Waals surface area contributed by atoms with E-state index in [0.29, 0.717) is 0 Å². The Morgan fingerprint density at radius 1 is 1.06 bits per heavy atom. The molecule has 0 aromatic carbocycles. The number of ether oxygens (including phenoxy) is 2. The second-order valence-corrected chi connectivity index (χ2v) is 12.6. The third-order valence-corrected chi connectivity index (χ3v) is 10.4. The molecular formula is C30H38O6. The van der Waals surface area contributed by atoms with Gasteiger partial charge in [0, 0.05) is 30.6 Å². The van der Waals surface area contributed by atoms with Gasteiger partial charge in [0.2, 0.25) is 0 Å². The molecule has 6 heteroatoms. The van der Waals surface area contributed by atoms with Crippen molar-refractivity contribution in [2.75, 3.05) is 0 Å². The number of carbonyl (C=O) groups is 3. The summed E-state index contributed by atoms with van der Waals surface area (Å²) in [5.41, 5.74) is 0.496. The predicted molar refractivity (Wildman–Crippen MR) is 134 cm³/mol. The van der Waals surface area contributed by atoms with Crippen molar-refractivity contribution >= 4 is 17.7 Å². The highest BCUT2D eigenvalue weighted by Gasteiger charge is 2.72. The third kappa shape index (κ3) is 3.18. The van der Waals surface area contributed by atoms with Gasteiger partial charge in [-0.1, -0.05) is 52.3 Å². The summed E-state index contributed by atoms with van der Waals surface area (Å²) in [6.07, 6.45) is 11.0. The van der Waals surface area contributed by atoms with Crippen LogP contribution in [0.3, 0.4) is 0 Å². The molecule has 4 aliphatic carbocycles. The number of hydrogen-bond acceptors (Lipinski definition) is 6. The molecule has 1 aromatic rings. The number of ketones is 1. The van der Waals surface area contributed by atoms with Gasteiger partial charge < -0.3 is 13.9 Å². The molecule has 0 spiro atoms. The SMILES string of the molecule is CC(=O)O[C@@H]1[C@@H](OC(C)=O)C2(C)C3=CC[C@@H](c4ccoc4)[C@]3(C)CC[C@@H]2[C@@]2(C)C=CC(=O)C(C)(C)[C@H]12. The summed E-state index contributed by atoms with van der Waals surface area (Å²) < 4.78 is 17.7. The lowest BCUT2D eigenvalue weighted by molar-refractivity contribution is -0.237. The normalized spacial score (nSPS) is 42.6. The topological polar surface area (TPSA) is 82.8 Å². The predicted octanol–water partition coefficient (Wildman–Crippen LogP) is 5.78. The largest absolute Gasteiger partial charge is 0.472 e. The molecule has 0 aliphatic heterocycles. The number of rotatable bonds is 3. The highest BCUT2D eigenvalue weighted by Crippen LogP contribution is 2.73. The molecule has 0 N–H and O–H groups in total. The molecule has 0 saturated heterocycles. The fourth-order valence-electron chi connectivity index (χ4n) is 9.09. The minimum atomic E-state index is -0.784. The average Bonchev–Trinajstić information content (AvgIpc) is 3.41. The maximum atomic E-state index is 13.2. The molecular weight excluding hydrogens is 456 g/mol. The smallest absolute Gasteiger partial charge is 0.303 e. The molecule has 1 heterocycles. The van der Waals surface area contributed by atoms with E-state index in [1.807, 2.05) is 26.2 Å². The minimum Gasteiger partial charge on any atom is -0.472 e. The van der Waals surface area contributed by atoms with E-state index in [9.17, 15) is 14.4 Å². The van der Waals surface area contributed by atoms with Crippen molar-refractivity contribution in [2.24, 2.45) is 33.5 Å². The number of carbonyl (C=O) groups excluding carboxylic acids is 3. The van der Waals surface area contributed by atoms with Gasteiger partial charge in [0.05, 0.1) is 12.5 Å². The minimum absolute atomic E-state index is 0.00746. The van der Waals surface area contributed by atoms with Crippen LogP contribution in [0.4, 0.5) is 0 Å². The lowest BCUT2D eigenvalue weighted by atomic mass is 9.37. The fraction of sp³-hybridized carbons (Fsp3) is 0.633. The van der Waals surface area contributed by atoms with E-state index in [0.717, 1.165) is 19.3 Å². The van der Waals surface area contributed by atoms with E-state index in [-0.39, 0.29) is 29.0 Å². The molecule has 6 nitrogen and oxygen atoms in total. The van der Waals surface area contributed by atoms with Crippen molar-refractivity contribution in [2.45, 2.75) is 85.9 Å². The summed E-state index contributed by atoms with van der Waals surface area (Å²) in [4.78, 5) is 38.2. The van der Waals surface area contributed by atoms with Gasteiger partial charge in [-0.25, -0.2) is 0 Å². The van der Waals surface area contributed by atoms with E-state index < -0.39 is 40.4 Å². The molecule has 1 unspecified atom stereocenters. The first-order valence-electron chi connectivity index (χ1n) is 13.1. The molecule has 0 amide bonds. The van der Waals surface area contributed by atoms with Crippen molar-refractivity contribution in [1.29, 1.82) is 0 Å². The zero-order valence-electron chi connectivity index (χ0n) is 22.4. The highest BCUT2D eigenvalue weighted by molar-refractivity contribution is 5.96. The van der Waals surface area contributed by atoms with Crippen LogP contribution >= 0.6 is 0 Å². The molecule has 0 radical (unpaired) electrons. The molecule has 2 saturated carbocycles. The Kier molecular flexibility index (Phi) is 5.52. The van der Waals surface area contributed by atoms with E-state index in [4.69, 9.17) is 13.9 Å². The maximum absolute atomic E-state index is 13.2. The Bertz CT molecular complexity index is 1160. The standard InChI is InChI=1S/C30H38O6/c1-17(31)35-24-25-27(3,4)23(33)11-14-29(25,6)22-10-13-28(5)20(19-12-15-34-16-19)8-9-21(28)30(22,7)26(24)36-18(2)32/h9,11-12,14-16,20,22,24-26H,8,10,13H2,1-7H3/t20-,22+,24-,25-,26+,28-,29+,30?/m0/s1. The van der Waals surface area contributed by atoms with Crippen LogP contribution in [-0.2, 0) is 23.9 Å². The molecule has 2 fully saturated rings. The van der Waals surface area contributed by atoms with Gasteiger partial charge in [0.25, 0.3) is 0 Å². The number of esters is 2. The summed E-state index contributed by atoms with van der Waals surface area (Å²) in [5.74, 6) is -0.808. The fourth-order valence-corrected chi connectivity index (χ4v) is 9.09. The van der Waals surface area contributed by atoms with Crippen LogP contribution < -0.4 is 0 Å². The second kappa shape index (κ2) is 7.93. The van der Waals surface area contributed by atoms with Gasteiger partial charge in [-0.2, -0.15) is 0 Å². The Hall–Kier alpha value is -2.63. The van der Waals surface area contributed by atoms with Gasteiger partial charge in [-0.05, 0) is 59.6 Å². The molecule has 36 heavy (non-hydrogen) atoms. The number of hydrogen-bond donors (Lipinski definition) is 0. The first kappa shape index (κ1) is 25.0.